The maximum atomic E-state index is 13.2. The number of carbonyl (C=O) groups is 4. The summed E-state index contributed by atoms with van der Waals surface area (Å²) in [6.45, 7) is 1.71. The fraction of sp³-hybridized carbons (Fsp3) is 0.333. The zero-order valence-corrected chi connectivity index (χ0v) is 22.3. The van der Waals surface area contributed by atoms with Gasteiger partial charge in [0.15, 0.2) is 18.1 Å². The number of rotatable bonds is 8. The molecule has 1 aliphatic carbocycles. The Morgan fingerprint density at radius 3 is 2.53 bits per heavy atom. The number of urea groups is 1. The summed E-state index contributed by atoms with van der Waals surface area (Å²) >= 11 is 3.41. The molecule has 2 fully saturated rings. The van der Waals surface area contributed by atoms with Crippen LogP contribution in [0.2, 0.25) is 0 Å². The van der Waals surface area contributed by atoms with Gasteiger partial charge in [-0.15, -0.1) is 0 Å². The molecular formula is C27H27BrFN3O6. The van der Waals surface area contributed by atoms with Gasteiger partial charge in [-0.1, -0.05) is 19.3 Å². The molecule has 0 bridgehead atoms. The number of imide groups is 2. The van der Waals surface area contributed by atoms with Crippen molar-refractivity contribution in [1.29, 1.82) is 0 Å². The largest absolute Gasteiger partial charge is 0.490 e. The summed E-state index contributed by atoms with van der Waals surface area (Å²) in [5.74, 6) is -1.74. The molecule has 0 aromatic heterocycles. The van der Waals surface area contributed by atoms with Gasteiger partial charge in [0.2, 0.25) is 0 Å². The van der Waals surface area contributed by atoms with Crippen molar-refractivity contribution in [2.75, 3.05) is 18.5 Å². The molecule has 1 aliphatic heterocycles. The summed E-state index contributed by atoms with van der Waals surface area (Å²) in [5.41, 5.74) is 0.721. The van der Waals surface area contributed by atoms with Gasteiger partial charge in [0.05, 0.1) is 11.1 Å². The Morgan fingerprint density at radius 1 is 1.13 bits per heavy atom. The van der Waals surface area contributed by atoms with Crippen molar-refractivity contribution in [3.05, 3.63) is 57.8 Å². The van der Waals surface area contributed by atoms with Crippen LogP contribution in [0.4, 0.5) is 14.9 Å². The molecule has 200 valence electrons. The third kappa shape index (κ3) is 6.39. The minimum absolute atomic E-state index is 0.156. The lowest BCUT2D eigenvalue weighted by molar-refractivity contribution is -0.132. The highest BCUT2D eigenvalue weighted by Crippen LogP contribution is 2.38. The molecule has 1 saturated carbocycles. The molecule has 1 saturated heterocycles. The Bertz CT molecular complexity index is 1270. The summed E-state index contributed by atoms with van der Waals surface area (Å²) in [7, 11) is 0. The molecule has 0 unspecified atom stereocenters. The molecule has 4 rings (SSSR count). The third-order valence-electron chi connectivity index (χ3n) is 6.19. The van der Waals surface area contributed by atoms with Crippen LogP contribution in [-0.4, -0.2) is 47.9 Å². The van der Waals surface area contributed by atoms with Crippen LogP contribution >= 0.6 is 15.9 Å². The molecule has 5 amide bonds. The molecule has 2 N–H and O–H groups in total. The number of hydrogen-bond donors (Lipinski definition) is 2. The first kappa shape index (κ1) is 27.3. The fourth-order valence-corrected chi connectivity index (χ4v) is 5.03. The van der Waals surface area contributed by atoms with Crippen LogP contribution in [0, 0.1) is 5.82 Å². The van der Waals surface area contributed by atoms with Gasteiger partial charge in [-0.2, -0.15) is 0 Å². The minimum Gasteiger partial charge on any atom is -0.490 e. The van der Waals surface area contributed by atoms with E-state index < -0.39 is 29.6 Å². The van der Waals surface area contributed by atoms with Gasteiger partial charge >= 0.3 is 6.03 Å². The van der Waals surface area contributed by atoms with Gasteiger partial charge in [-0.25, -0.2) is 9.18 Å². The summed E-state index contributed by atoms with van der Waals surface area (Å²) in [5, 5.41) is 4.88. The van der Waals surface area contributed by atoms with Gasteiger partial charge in [0, 0.05) is 11.7 Å². The molecule has 1 heterocycles. The van der Waals surface area contributed by atoms with Gasteiger partial charge in [0.1, 0.15) is 11.4 Å². The predicted octanol–water partition coefficient (Wildman–Crippen LogP) is 4.80. The van der Waals surface area contributed by atoms with Crippen LogP contribution in [0.15, 0.2) is 46.4 Å². The SMILES string of the molecule is CCOc1cc(C=C2C(=O)NC(=O)N(C3CCCCC3)C2=O)cc(Br)c1OCC(=O)Nc1ccc(F)cc1. The second-order valence-electron chi connectivity index (χ2n) is 8.89. The smallest absolute Gasteiger partial charge is 0.331 e. The Kier molecular flexibility index (Phi) is 8.77. The van der Waals surface area contributed by atoms with Crippen molar-refractivity contribution in [2.45, 2.75) is 45.1 Å². The second kappa shape index (κ2) is 12.2. The number of nitrogens with zero attached hydrogens (tertiary/aromatic N) is 1. The summed E-state index contributed by atoms with van der Waals surface area (Å²) in [6, 6.07) is 7.59. The highest BCUT2D eigenvalue weighted by Gasteiger charge is 2.40. The molecule has 2 aromatic carbocycles. The number of ether oxygens (including phenoxy) is 2. The van der Waals surface area contributed by atoms with Crippen molar-refractivity contribution in [2.24, 2.45) is 0 Å². The molecule has 2 aromatic rings. The quantitative estimate of drug-likeness (QED) is 0.339. The van der Waals surface area contributed by atoms with Crippen LogP contribution in [-0.2, 0) is 14.4 Å². The summed E-state index contributed by atoms with van der Waals surface area (Å²) in [4.78, 5) is 51.7. The van der Waals surface area contributed by atoms with E-state index in [4.69, 9.17) is 9.47 Å². The summed E-state index contributed by atoms with van der Waals surface area (Å²) in [6.07, 6.45) is 5.71. The first-order valence-corrected chi connectivity index (χ1v) is 13.1. The normalized spacial score (nSPS) is 17.4. The van der Waals surface area contributed by atoms with E-state index in [1.165, 1.54) is 30.3 Å². The van der Waals surface area contributed by atoms with Gasteiger partial charge in [-0.3, -0.25) is 24.6 Å². The van der Waals surface area contributed by atoms with E-state index in [9.17, 15) is 23.6 Å². The van der Waals surface area contributed by atoms with Crippen LogP contribution in [0.1, 0.15) is 44.6 Å². The van der Waals surface area contributed by atoms with E-state index in [0.29, 0.717) is 28.6 Å². The molecular weight excluding hydrogens is 561 g/mol. The van der Waals surface area contributed by atoms with Crippen molar-refractivity contribution >= 4 is 51.4 Å². The maximum absolute atomic E-state index is 13.2. The lowest BCUT2D eigenvalue weighted by atomic mass is 9.93. The van der Waals surface area contributed by atoms with Crippen molar-refractivity contribution in [1.82, 2.24) is 10.2 Å². The first-order chi connectivity index (χ1) is 18.3. The number of nitrogens with one attached hydrogen (secondary N) is 2. The number of barbiturate groups is 1. The maximum Gasteiger partial charge on any atom is 0.331 e. The van der Waals surface area contributed by atoms with Gasteiger partial charge in [-0.05, 0) is 83.7 Å². The van der Waals surface area contributed by atoms with Gasteiger partial charge < -0.3 is 14.8 Å². The Labute approximate surface area is 227 Å². The fourth-order valence-electron chi connectivity index (χ4n) is 4.45. The van der Waals surface area contributed by atoms with E-state index in [1.54, 1.807) is 19.1 Å². The number of halogens is 2. The van der Waals surface area contributed by atoms with Crippen LogP contribution < -0.4 is 20.1 Å². The number of amides is 5. The zero-order valence-electron chi connectivity index (χ0n) is 20.7. The van der Waals surface area contributed by atoms with E-state index in [1.807, 2.05) is 0 Å². The standard InChI is InChI=1S/C27H27BrFN3O6/c1-2-37-22-14-16(12-20-25(34)31-27(36)32(26(20)35)19-6-4-3-5-7-19)13-21(28)24(22)38-15-23(33)30-18-10-8-17(29)9-11-18/h8-14,19H,2-7,15H2,1H3,(H,30,33)(H,31,34,36). The second-order valence-corrected chi connectivity index (χ2v) is 9.75. The van der Waals surface area contributed by atoms with E-state index >= 15 is 0 Å². The highest BCUT2D eigenvalue weighted by molar-refractivity contribution is 9.10. The van der Waals surface area contributed by atoms with Crippen molar-refractivity contribution in [3.8, 4) is 11.5 Å². The zero-order chi connectivity index (χ0) is 27.2. The minimum atomic E-state index is -0.765. The molecule has 0 radical (unpaired) electrons. The number of benzene rings is 2. The van der Waals surface area contributed by atoms with E-state index in [-0.39, 0.29) is 36.3 Å². The molecule has 9 nitrogen and oxygen atoms in total. The third-order valence-corrected chi connectivity index (χ3v) is 6.78. The topological polar surface area (TPSA) is 114 Å². The van der Waals surface area contributed by atoms with Gasteiger partial charge in [0.25, 0.3) is 17.7 Å². The summed E-state index contributed by atoms with van der Waals surface area (Å²) < 4.78 is 24.9. The lowest BCUT2D eigenvalue weighted by Gasteiger charge is -2.35. The van der Waals surface area contributed by atoms with E-state index in [2.05, 4.69) is 26.6 Å². The number of anilines is 1. The number of hydrogen-bond acceptors (Lipinski definition) is 6. The van der Waals surface area contributed by atoms with Crippen LogP contribution in [0.3, 0.4) is 0 Å². The average molecular weight is 588 g/mol. The van der Waals surface area contributed by atoms with Crippen LogP contribution in [0.25, 0.3) is 6.08 Å². The average Bonchev–Trinajstić information content (AvgIpc) is 2.88. The van der Waals surface area contributed by atoms with Crippen molar-refractivity contribution < 1.29 is 33.0 Å². The Hall–Kier alpha value is -3.73. The molecule has 2 aliphatic rings. The first-order valence-electron chi connectivity index (χ1n) is 12.3. The molecule has 11 heteroatoms. The molecule has 0 spiro atoms. The monoisotopic (exact) mass is 587 g/mol. The van der Waals surface area contributed by atoms with Crippen molar-refractivity contribution in [3.63, 3.8) is 0 Å². The Balaban J connectivity index is 1.53. The molecule has 38 heavy (non-hydrogen) atoms. The molecule has 0 atom stereocenters. The van der Waals surface area contributed by atoms with Crippen LogP contribution in [0.5, 0.6) is 11.5 Å². The number of carbonyl (C=O) groups excluding carboxylic acids is 4. The predicted molar refractivity (Wildman–Crippen MR) is 141 cm³/mol. The van der Waals surface area contributed by atoms with E-state index in [0.717, 1.165) is 24.2 Å². The Morgan fingerprint density at radius 2 is 1.84 bits per heavy atom. The highest BCUT2D eigenvalue weighted by atomic mass is 79.9. The lowest BCUT2D eigenvalue weighted by Crippen LogP contribution is -2.58.